The molecule has 0 amide bonds. The Morgan fingerprint density at radius 1 is 1.39 bits per heavy atom. The molecule has 3 heteroatoms. The molecule has 18 heavy (non-hydrogen) atoms. The van der Waals surface area contributed by atoms with Crippen molar-refractivity contribution >= 4 is 15.9 Å². The molecule has 0 saturated carbocycles. The molecule has 1 aliphatic rings. The molecule has 2 atom stereocenters. The fraction of sp³-hybridized carbons (Fsp3) is 0.600. The van der Waals surface area contributed by atoms with Gasteiger partial charge in [-0.2, -0.15) is 0 Å². The van der Waals surface area contributed by atoms with Crippen LogP contribution in [0.4, 0.5) is 0 Å². The molecule has 1 saturated heterocycles. The number of ether oxygens (including phenoxy) is 1. The molecule has 0 aliphatic carbocycles. The molecule has 2 nitrogen and oxygen atoms in total. The van der Waals surface area contributed by atoms with E-state index in [4.69, 9.17) is 4.74 Å². The summed E-state index contributed by atoms with van der Waals surface area (Å²) in [7, 11) is 0. The summed E-state index contributed by atoms with van der Waals surface area (Å²) in [5.74, 6) is 0. The van der Waals surface area contributed by atoms with E-state index in [1.54, 1.807) is 0 Å². The number of rotatable bonds is 3. The van der Waals surface area contributed by atoms with Gasteiger partial charge in [0.2, 0.25) is 0 Å². The molecule has 1 heterocycles. The molecule has 1 unspecified atom stereocenters. The van der Waals surface area contributed by atoms with Crippen LogP contribution in [0.5, 0.6) is 0 Å². The van der Waals surface area contributed by atoms with E-state index < -0.39 is 0 Å². The first-order valence-electron chi connectivity index (χ1n) is 6.62. The molecule has 1 aromatic carbocycles. The normalized spacial score (nSPS) is 24.8. The van der Waals surface area contributed by atoms with Gasteiger partial charge in [-0.3, -0.25) is 0 Å². The maximum Gasteiger partial charge on any atom is 0.0641 e. The Morgan fingerprint density at radius 2 is 2.11 bits per heavy atom. The lowest BCUT2D eigenvalue weighted by molar-refractivity contribution is -0.0640. The summed E-state index contributed by atoms with van der Waals surface area (Å²) in [5.41, 5.74) is 1.32. The summed E-state index contributed by atoms with van der Waals surface area (Å²) < 4.78 is 6.93. The SMILES string of the molecule is C[C@@H](NC1CCOC(C)(C)C1)c1ccccc1Br. The van der Waals surface area contributed by atoms with Crippen LogP contribution in [-0.2, 0) is 4.74 Å². The first-order valence-corrected chi connectivity index (χ1v) is 7.42. The van der Waals surface area contributed by atoms with Crippen LogP contribution in [0.25, 0.3) is 0 Å². The first kappa shape index (κ1) is 14.0. The zero-order valence-corrected chi connectivity index (χ0v) is 13.0. The third-order valence-corrected chi connectivity index (χ3v) is 4.28. The zero-order chi connectivity index (χ0) is 13.2. The maximum atomic E-state index is 5.76. The number of benzene rings is 1. The Hall–Kier alpha value is -0.380. The van der Waals surface area contributed by atoms with Gasteiger partial charge in [0, 0.05) is 23.2 Å². The smallest absolute Gasteiger partial charge is 0.0641 e. The quantitative estimate of drug-likeness (QED) is 0.909. The van der Waals surface area contributed by atoms with Gasteiger partial charge in [0.1, 0.15) is 0 Å². The van der Waals surface area contributed by atoms with Crippen LogP contribution in [0.15, 0.2) is 28.7 Å². The number of nitrogens with one attached hydrogen (secondary N) is 1. The second-order valence-corrected chi connectivity index (χ2v) is 6.56. The zero-order valence-electron chi connectivity index (χ0n) is 11.4. The maximum absolute atomic E-state index is 5.76. The van der Waals surface area contributed by atoms with E-state index in [0.717, 1.165) is 19.4 Å². The van der Waals surface area contributed by atoms with E-state index >= 15 is 0 Å². The van der Waals surface area contributed by atoms with Crippen molar-refractivity contribution in [2.75, 3.05) is 6.61 Å². The van der Waals surface area contributed by atoms with Crippen molar-refractivity contribution in [3.8, 4) is 0 Å². The van der Waals surface area contributed by atoms with Gasteiger partial charge in [0.05, 0.1) is 5.60 Å². The largest absolute Gasteiger partial charge is 0.375 e. The van der Waals surface area contributed by atoms with Crippen molar-refractivity contribution in [1.29, 1.82) is 0 Å². The van der Waals surface area contributed by atoms with Crippen molar-refractivity contribution in [3.05, 3.63) is 34.3 Å². The monoisotopic (exact) mass is 311 g/mol. The first-order chi connectivity index (χ1) is 8.48. The molecule has 1 fully saturated rings. The van der Waals surface area contributed by atoms with Crippen LogP contribution in [0.3, 0.4) is 0 Å². The highest BCUT2D eigenvalue weighted by atomic mass is 79.9. The summed E-state index contributed by atoms with van der Waals surface area (Å²) in [6.45, 7) is 7.42. The van der Waals surface area contributed by atoms with E-state index in [0.29, 0.717) is 12.1 Å². The Bertz CT molecular complexity index is 405. The molecule has 0 bridgehead atoms. The van der Waals surface area contributed by atoms with Crippen LogP contribution in [0.2, 0.25) is 0 Å². The standard InChI is InChI=1S/C15H22BrNO/c1-11(13-6-4-5-7-14(13)16)17-12-8-9-18-15(2,3)10-12/h4-7,11-12,17H,8-10H2,1-3H3/t11-,12?/m1/s1. The lowest BCUT2D eigenvalue weighted by atomic mass is 9.93. The molecule has 0 spiro atoms. The number of hydrogen-bond donors (Lipinski definition) is 1. The molecule has 1 aliphatic heterocycles. The average Bonchev–Trinajstić information content (AvgIpc) is 2.28. The minimum absolute atomic E-state index is 0.00353. The van der Waals surface area contributed by atoms with Crippen LogP contribution in [0.1, 0.15) is 45.2 Å². The van der Waals surface area contributed by atoms with Gasteiger partial charge in [0.25, 0.3) is 0 Å². The molecule has 1 aromatic rings. The number of hydrogen-bond acceptors (Lipinski definition) is 2. The summed E-state index contributed by atoms with van der Waals surface area (Å²) in [6, 6.07) is 9.31. The van der Waals surface area contributed by atoms with Gasteiger partial charge < -0.3 is 10.1 Å². The Labute approximate surface area is 118 Å². The van der Waals surface area contributed by atoms with Crippen molar-refractivity contribution in [3.63, 3.8) is 0 Å². The predicted molar refractivity (Wildman–Crippen MR) is 78.7 cm³/mol. The van der Waals surface area contributed by atoms with Crippen molar-refractivity contribution in [2.45, 2.75) is 51.3 Å². The van der Waals surface area contributed by atoms with E-state index in [2.05, 4.69) is 66.3 Å². The molecule has 100 valence electrons. The fourth-order valence-electron chi connectivity index (χ4n) is 2.64. The Morgan fingerprint density at radius 3 is 2.78 bits per heavy atom. The highest BCUT2D eigenvalue weighted by molar-refractivity contribution is 9.10. The minimum atomic E-state index is 0.00353. The highest BCUT2D eigenvalue weighted by Gasteiger charge is 2.29. The van der Waals surface area contributed by atoms with Gasteiger partial charge in [0.15, 0.2) is 0 Å². The third kappa shape index (κ3) is 3.56. The van der Waals surface area contributed by atoms with Crippen molar-refractivity contribution < 1.29 is 4.74 Å². The molecule has 0 aromatic heterocycles. The molecular formula is C15H22BrNO. The lowest BCUT2D eigenvalue weighted by Gasteiger charge is -2.37. The third-order valence-electron chi connectivity index (χ3n) is 3.55. The topological polar surface area (TPSA) is 21.3 Å². The van der Waals surface area contributed by atoms with Gasteiger partial charge in [-0.1, -0.05) is 34.1 Å². The highest BCUT2D eigenvalue weighted by Crippen LogP contribution is 2.28. The fourth-order valence-corrected chi connectivity index (χ4v) is 3.27. The van der Waals surface area contributed by atoms with Gasteiger partial charge in [-0.25, -0.2) is 0 Å². The predicted octanol–water partition coefficient (Wildman–Crippen LogP) is 4.06. The minimum Gasteiger partial charge on any atom is -0.375 e. The molecule has 2 rings (SSSR count). The summed E-state index contributed by atoms with van der Waals surface area (Å²) in [6.07, 6.45) is 2.17. The number of halogens is 1. The van der Waals surface area contributed by atoms with Gasteiger partial charge >= 0.3 is 0 Å². The van der Waals surface area contributed by atoms with Gasteiger partial charge in [-0.05, 0) is 45.2 Å². The van der Waals surface area contributed by atoms with Crippen molar-refractivity contribution in [1.82, 2.24) is 5.32 Å². The lowest BCUT2D eigenvalue weighted by Crippen LogP contribution is -2.44. The van der Waals surface area contributed by atoms with Crippen molar-refractivity contribution in [2.24, 2.45) is 0 Å². The second kappa shape index (κ2) is 5.72. The molecular weight excluding hydrogens is 290 g/mol. The summed E-state index contributed by atoms with van der Waals surface area (Å²) in [4.78, 5) is 0. The van der Waals surface area contributed by atoms with Crippen LogP contribution in [-0.4, -0.2) is 18.2 Å². The van der Waals surface area contributed by atoms with Crippen LogP contribution >= 0.6 is 15.9 Å². The van der Waals surface area contributed by atoms with E-state index in [1.807, 2.05) is 0 Å². The summed E-state index contributed by atoms with van der Waals surface area (Å²) >= 11 is 3.62. The second-order valence-electron chi connectivity index (χ2n) is 5.71. The Kier molecular flexibility index (Phi) is 4.46. The Balaban J connectivity index is 1.99. The van der Waals surface area contributed by atoms with E-state index in [-0.39, 0.29) is 5.60 Å². The van der Waals surface area contributed by atoms with Crippen LogP contribution in [0, 0.1) is 0 Å². The summed E-state index contributed by atoms with van der Waals surface area (Å²) in [5, 5.41) is 3.72. The van der Waals surface area contributed by atoms with Crippen LogP contribution < -0.4 is 5.32 Å². The molecule has 1 N–H and O–H groups in total. The van der Waals surface area contributed by atoms with E-state index in [1.165, 1.54) is 10.0 Å². The van der Waals surface area contributed by atoms with E-state index in [9.17, 15) is 0 Å². The average molecular weight is 312 g/mol. The van der Waals surface area contributed by atoms with Gasteiger partial charge in [-0.15, -0.1) is 0 Å². The molecule has 0 radical (unpaired) electrons.